The molecule has 0 atom stereocenters. The molecule has 0 spiro atoms. The van der Waals surface area contributed by atoms with Crippen LogP contribution in [0.15, 0.2) is 0 Å². The van der Waals surface area contributed by atoms with Crippen molar-refractivity contribution in [1.29, 1.82) is 0 Å². The summed E-state index contributed by atoms with van der Waals surface area (Å²) in [7, 11) is -1.62. The Bertz CT molecular complexity index is 157. The van der Waals surface area contributed by atoms with Gasteiger partial charge in [0.15, 0.2) is 0 Å². The predicted octanol–water partition coefficient (Wildman–Crippen LogP) is -0.260. The first-order valence-corrected chi connectivity index (χ1v) is 3.12. The van der Waals surface area contributed by atoms with Gasteiger partial charge in [0, 0.05) is 14.1 Å². The lowest BCUT2D eigenvalue weighted by Crippen LogP contribution is -2.17. The van der Waals surface area contributed by atoms with Crippen LogP contribution in [0.5, 0.6) is 0 Å². The summed E-state index contributed by atoms with van der Waals surface area (Å²) >= 11 is 0. The summed E-state index contributed by atoms with van der Waals surface area (Å²) in [4.78, 5) is 0. The molecule has 0 bridgehead atoms. The van der Waals surface area contributed by atoms with Gasteiger partial charge in [-0.2, -0.15) is 17.8 Å². The fraction of sp³-hybridized carbons (Fsp3) is 1.00. The van der Waals surface area contributed by atoms with Gasteiger partial charge in [0.05, 0.1) is 0 Å². The molecule has 0 aromatic rings. The Morgan fingerprint density at radius 3 is 1.45 bits per heavy atom. The first kappa shape index (κ1) is 22.4. The smallest absolute Gasteiger partial charge is 0.269 e. The highest BCUT2D eigenvalue weighted by molar-refractivity contribution is 7.80. The van der Waals surface area contributed by atoms with Gasteiger partial charge >= 0.3 is 10.4 Å². The fourth-order valence-corrected chi connectivity index (χ4v) is 0.565. The third-order valence-corrected chi connectivity index (χ3v) is 0.730. The fourth-order valence-electron chi connectivity index (χ4n) is 0.188. The topological polar surface area (TPSA) is 66.8 Å². The molecule has 0 fully saturated rings. The summed E-state index contributed by atoms with van der Waals surface area (Å²) in [6.07, 6.45) is 0. The van der Waals surface area contributed by atoms with E-state index in [0.717, 1.165) is 5.06 Å². The van der Waals surface area contributed by atoms with Gasteiger partial charge in [-0.3, -0.25) is 18.7 Å². The van der Waals surface area contributed by atoms with Crippen LogP contribution in [-0.2, 0) is 14.7 Å². The summed E-state index contributed by atoms with van der Waals surface area (Å²) in [6, 6.07) is 0. The van der Waals surface area contributed by atoms with E-state index in [1.165, 1.54) is 14.1 Å². The van der Waals surface area contributed by atoms with E-state index in [4.69, 9.17) is 4.55 Å². The molecule has 0 saturated carbocycles. The summed E-state index contributed by atoms with van der Waals surface area (Å²) in [5, 5.41) is 0.870. The average Bonchev–Trinajstić information content (AvgIpc) is 1.21. The van der Waals surface area contributed by atoms with E-state index in [1.54, 1.807) is 0 Å². The van der Waals surface area contributed by atoms with Crippen LogP contribution in [0.4, 0.5) is 14.1 Å². The van der Waals surface area contributed by atoms with E-state index in [0.29, 0.717) is 0 Å². The number of hydrogen-bond donors (Lipinski definition) is 1. The molecule has 0 aliphatic heterocycles. The van der Waals surface area contributed by atoms with Crippen LogP contribution >= 0.6 is 0 Å². The van der Waals surface area contributed by atoms with Gasteiger partial charge in [0.25, 0.3) is 0 Å². The first-order valence-electron chi connectivity index (χ1n) is 1.76. The molecule has 0 heterocycles. The largest absolute Gasteiger partial charge is 0.413 e. The zero-order chi connectivity index (χ0) is 6.78. The second kappa shape index (κ2) is 7.72. The van der Waals surface area contributed by atoms with Gasteiger partial charge in [-0.15, -0.1) is 0 Å². The maximum atomic E-state index is 9.73. The Balaban J connectivity index is -0.0000000817. The molecule has 5 nitrogen and oxygen atoms in total. The van der Waals surface area contributed by atoms with Crippen molar-refractivity contribution in [3.8, 4) is 0 Å². The zero-order valence-corrected chi connectivity index (χ0v) is 6.57. The normalized spacial score (nSPS) is 9.09. The maximum absolute atomic E-state index is 9.73. The molecule has 0 saturated heterocycles. The van der Waals surface area contributed by atoms with Crippen molar-refractivity contribution in [2.45, 2.75) is 0 Å². The van der Waals surface area contributed by atoms with Crippen LogP contribution in [0.3, 0.4) is 0 Å². The van der Waals surface area contributed by atoms with Crippen molar-refractivity contribution in [3.63, 3.8) is 0 Å². The van der Waals surface area contributed by atoms with Crippen molar-refractivity contribution in [3.05, 3.63) is 0 Å². The summed E-state index contributed by atoms with van der Waals surface area (Å²) < 4.78 is 31.2. The highest BCUT2D eigenvalue weighted by Gasteiger charge is 2.04. The molecule has 0 aromatic heterocycles. The van der Waals surface area contributed by atoms with Crippen molar-refractivity contribution in [2.24, 2.45) is 0 Å². The number of rotatable bonds is 2. The van der Waals surface area contributed by atoms with E-state index >= 15 is 0 Å². The Morgan fingerprint density at radius 2 is 1.45 bits per heavy atom. The number of nitrogens with zero attached hydrogens (tertiary/aromatic N) is 1. The van der Waals surface area contributed by atoms with Crippen molar-refractivity contribution in [1.82, 2.24) is 5.06 Å². The van der Waals surface area contributed by atoms with Gasteiger partial charge in [-0.05, 0) is 0 Å². The highest BCUT2D eigenvalue weighted by atomic mass is 32.3. The van der Waals surface area contributed by atoms with Crippen LogP contribution < -0.4 is 0 Å². The lowest BCUT2D eigenvalue weighted by Gasteiger charge is -2.03. The Hall–Kier alpha value is -0.380. The molecule has 74 valence electrons. The van der Waals surface area contributed by atoms with Gasteiger partial charge in [-0.1, -0.05) is 0 Å². The molecule has 0 unspecified atom stereocenters. The van der Waals surface area contributed by atoms with Crippen molar-refractivity contribution in [2.75, 3.05) is 14.1 Å². The minimum absolute atomic E-state index is 0. The second-order valence-electron chi connectivity index (χ2n) is 1.31. The molecule has 0 aliphatic rings. The second-order valence-corrected chi connectivity index (χ2v) is 2.32. The number of hydrogen-bond acceptors (Lipinski definition) is 4. The molecule has 11 heavy (non-hydrogen) atoms. The number of hydroxylamine groups is 2. The summed E-state index contributed by atoms with van der Waals surface area (Å²) in [5.74, 6) is 0. The molecule has 0 amide bonds. The molecule has 0 radical (unpaired) electrons. The van der Waals surface area contributed by atoms with E-state index in [2.05, 4.69) is 4.28 Å². The van der Waals surface area contributed by atoms with Gasteiger partial charge < -0.3 is 0 Å². The monoisotopic (exact) mass is 201 g/mol. The standard InChI is InChI=1S/C2H7NO4S.3FH/c1-3(2)7-8(4,5)6;;;/h1-2H3,(H,4,5,6);3*1H. The maximum Gasteiger partial charge on any atom is 0.413 e. The average molecular weight is 201 g/mol. The van der Waals surface area contributed by atoms with Crippen molar-refractivity contribution >= 4 is 10.4 Å². The van der Waals surface area contributed by atoms with E-state index in [1.807, 2.05) is 0 Å². The Morgan fingerprint density at radius 1 is 1.18 bits per heavy atom. The van der Waals surface area contributed by atoms with Crippen molar-refractivity contribution < 1.29 is 31.4 Å². The van der Waals surface area contributed by atoms with Crippen LogP contribution in [0.25, 0.3) is 0 Å². The third kappa shape index (κ3) is 26.2. The van der Waals surface area contributed by atoms with Gasteiger partial charge in [0.2, 0.25) is 0 Å². The SMILES string of the molecule is CN(C)OS(=O)(=O)O.F.F.F. The predicted molar refractivity (Wildman–Crippen MR) is 33.8 cm³/mol. The van der Waals surface area contributed by atoms with Gasteiger partial charge in [0.1, 0.15) is 0 Å². The van der Waals surface area contributed by atoms with Crippen LogP contribution in [-0.4, -0.2) is 32.1 Å². The van der Waals surface area contributed by atoms with E-state index < -0.39 is 10.4 Å². The molecular formula is C2H10F3NO4S. The van der Waals surface area contributed by atoms with E-state index in [-0.39, 0.29) is 14.1 Å². The summed E-state index contributed by atoms with van der Waals surface area (Å²) in [5.41, 5.74) is 0. The lowest BCUT2D eigenvalue weighted by molar-refractivity contribution is -0.00763. The molecule has 0 rings (SSSR count). The molecular weight excluding hydrogens is 191 g/mol. The van der Waals surface area contributed by atoms with Crippen LogP contribution in [0, 0.1) is 0 Å². The first-order chi connectivity index (χ1) is 3.42. The zero-order valence-electron chi connectivity index (χ0n) is 5.75. The van der Waals surface area contributed by atoms with Crippen LogP contribution in [0.1, 0.15) is 0 Å². The lowest BCUT2D eigenvalue weighted by atomic mass is 11.2. The summed E-state index contributed by atoms with van der Waals surface area (Å²) in [6.45, 7) is 0. The Kier molecular flexibility index (Phi) is 15.7. The molecule has 9 heteroatoms. The van der Waals surface area contributed by atoms with E-state index in [9.17, 15) is 8.42 Å². The molecule has 0 aromatic carbocycles. The minimum atomic E-state index is -4.30. The molecule has 0 aliphatic carbocycles. The minimum Gasteiger partial charge on any atom is -0.269 e. The quantitative estimate of drug-likeness (QED) is 0.492. The highest BCUT2D eigenvalue weighted by Crippen LogP contribution is 1.85. The third-order valence-electron chi connectivity index (χ3n) is 0.243. The van der Waals surface area contributed by atoms with Crippen LogP contribution in [0.2, 0.25) is 0 Å². The van der Waals surface area contributed by atoms with Gasteiger partial charge in [-0.25, -0.2) is 0 Å². The Labute approximate surface area is 62.0 Å². The number of halogens is 3. The molecule has 1 N–H and O–H groups in total.